The van der Waals surface area contributed by atoms with Crippen molar-refractivity contribution in [1.82, 2.24) is 10.2 Å². The van der Waals surface area contributed by atoms with E-state index in [0.29, 0.717) is 0 Å². The van der Waals surface area contributed by atoms with Crippen molar-refractivity contribution in [3.05, 3.63) is 0 Å². The van der Waals surface area contributed by atoms with Crippen LogP contribution >= 0.6 is 0 Å². The smallest absolute Gasteiger partial charge is 0.0589 e. The lowest BCUT2D eigenvalue weighted by molar-refractivity contribution is 0.115. The molecule has 3 heteroatoms. The van der Waals surface area contributed by atoms with Crippen molar-refractivity contribution in [3.63, 3.8) is 0 Å². The summed E-state index contributed by atoms with van der Waals surface area (Å²) in [5.41, 5.74) is 0. The Morgan fingerprint density at radius 2 is 2.29 bits per heavy atom. The molecule has 1 saturated heterocycles. The van der Waals surface area contributed by atoms with Crippen LogP contribution in [0.3, 0.4) is 0 Å². The highest BCUT2D eigenvalue weighted by atomic mass is 16.5. The number of nitrogens with zero attached hydrogens (tertiary/aromatic N) is 1. The van der Waals surface area contributed by atoms with Crippen LogP contribution < -0.4 is 5.32 Å². The minimum atomic E-state index is 0.729. The molecule has 14 heavy (non-hydrogen) atoms. The van der Waals surface area contributed by atoms with E-state index in [-0.39, 0.29) is 0 Å². The van der Waals surface area contributed by atoms with Gasteiger partial charge in [0, 0.05) is 32.8 Å². The first kappa shape index (κ1) is 12.0. The van der Waals surface area contributed by atoms with Gasteiger partial charge in [-0.1, -0.05) is 13.8 Å². The second-order valence-corrected chi connectivity index (χ2v) is 4.53. The molecule has 1 heterocycles. The molecular weight excluding hydrogens is 176 g/mol. The lowest BCUT2D eigenvalue weighted by Gasteiger charge is -2.29. The maximum Gasteiger partial charge on any atom is 0.0589 e. The van der Waals surface area contributed by atoms with Crippen LogP contribution in [-0.2, 0) is 4.74 Å². The molecule has 0 amide bonds. The van der Waals surface area contributed by atoms with Crippen LogP contribution in [0.5, 0.6) is 0 Å². The van der Waals surface area contributed by atoms with Crippen LogP contribution in [-0.4, -0.2) is 50.8 Å². The molecule has 0 aromatic rings. The maximum atomic E-state index is 5.15. The van der Waals surface area contributed by atoms with Gasteiger partial charge in [-0.2, -0.15) is 0 Å². The Morgan fingerprint density at radius 1 is 1.50 bits per heavy atom. The Kier molecular flexibility index (Phi) is 5.45. The SMILES string of the molecule is COCCN(CC(C)C)C1CCNC1. The zero-order valence-electron chi connectivity index (χ0n) is 9.75. The van der Waals surface area contributed by atoms with Crippen molar-refractivity contribution in [2.24, 2.45) is 5.92 Å². The molecule has 0 spiro atoms. The van der Waals surface area contributed by atoms with E-state index in [1.165, 1.54) is 19.5 Å². The summed E-state index contributed by atoms with van der Waals surface area (Å²) < 4.78 is 5.15. The number of hydrogen-bond donors (Lipinski definition) is 1. The van der Waals surface area contributed by atoms with Gasteiger partial charge < -0.3 is 10.1 Å². The highest BCUT2D eigenvalue weighted by molar-refractivity contribution is 4.81. The number of rotatable bonds is 6. The Hall–Kier alpha value is -0.120. The fourth-order valence-corrected chi connectivity index (χ4v) is 2.05. The lowest BCUT2D eigenvalue weighted by atomic mass is 10.1. The summed E-state index contributed by atoms with van der Waals surface area (Å²) >= 11 is 0. The Morgan fingerprint density at radius 3 is 2.79 bits per heavy atom. The topological polar surface area (TPSA) is 24.5 Å². The molecule has 84 valence electrons. The van der Waals surface area contributed by atoms with Crippen molar-refractivity contribution < 1.29 is 4.74 Å². The van der Waals surface area contributed by atoms with Gasteiger partial charge in [-0.3, -0.25) is 4.90 Å². The van der Waals surface area contributed by atoms with Gasteiger partial charge in [0.2, 0.25) is 0 Å². The summed E-state index contributed by atoms with van der Waals surface area (Å²) in [5.74, 6) is 0.743. The molecule has 1 N–H and O–H groups in total. The van der Waals surface area contributed by atoms with Crippen LogP contribution in [0.4, 0.5) is 0 Å². The molecule has 0 radical (unpaired) electrons. The second-order valence-electron chi connectivity index (χ2n) is 4.53. The monoisotopic (exact) mass is 200 g/mol. The zero-order chi connectivity index (χ0) is 10.4. The van der Waals surface area contributed by atoms with Gasteiger partial charge in [-0.25, -0.2) is 0 Å². The third-order valence-electron chi connectivity index (χ3n) is 2.73. The number of hydrogen-bond acceptors (Lipinski definition) is 3. The van der Waals surface area contributed by atoms with Crippen molar-refractivity contribution in [2.45, 2.75) is 26.3 Å². The molecule has 0 saturated carbocycles. The predicted octanol–water partition coefficient (Wildman–Crippen LogP) is 0.953. The van der Waals surface area contributed by atoms with Crippen LogP contribution in [0.15, 0.2) is 0 Å². The van der Waals surface area contributed by atoms with Crippen molar-refractivity contribution in [1.29, 1.82) is 0 Å². The summed E-state index contributed by atoms with van der Waals surface area (Å²) in [6, 6.07) is 0.729. The fourth-order valence-electron chi connectivity index (χ4n) is 2.05. The normalized spacial score (nSPS) is 22.5. The molecule has 0 aromatic carbocycles. The number of ether oxygens (including phenoxy) is 1. The Bertz CT molecular complexity index is 144. The van der Waals surface area contributed by atoms with Gasteiger partial charge in [0.05, 0.1) is 6.61 Å². The quantitative estimate of drug-likeness (QED) is 0.691. The van der Waals surface area contributed by atoms with E-state index in [2.05, 4.69) is 24.1 Å². The average molecular weight is 200 g/mol. The van der Waals surface area contributed by atoms with Crippen molar-refractivity contribution in [2.75, 3.05) is 39.9 Å². The van der Waals surface area contributed by atoms with Crippen LogP contribution in [0.2, 0.25) is 0 Å². The summed E-state index contributed by atoms with van der Waals surface area (Å²) in [6.45, 7) is 9.99. The molecular formula is C11H24N2O. The number of methoxy groups -OCH3 is 1. The zero-order valence-corrected chi connectivity index (χ0v) is 9.75. The summed E-state index contributed by atoms with van der Waals surface area (Å²) in [6.07, 6.45) is 1.29. The summed E-state index contributed by atoms with van der Waals surface area (Å²) in [7, 11) is 1.78. The van der Waals surface area contributed by atoms with Gasteiger partial charge in [0.15, 0.2) is 0 Å². The third-order valence-corrected chi connectivity index (χ3v) is 2.73. The highest BCUT2D eigenvalue weighted by Gasteiger charge is 2.22. The summed E-state index contributed by atoms with van der Waals surface area (Å²) in [4.78, 5) is 2.56. The third kappa shape index (κ3) is 3.95. The van der Waals surface area contributed by atoms with E-state index in [1.54, 1.807) is 7.11 Å². The van der Waals surface area contributed by atoms with E-state index in [1.807, 2.05) is 0 Å². The van der Waals surface area contributed by atoms with Gasteiger partial charge in [0.25, 0.3) is 0 Å². The van der Waals surface area contributed by atoms with Gasteiger partial charge in [0.1, 0.15) is 0 Å². The Labute approximate surface area is 87.8 Å². The van der Waals surface area contributed by atoms with Crippen LogP contribution in [0.1, 0.15) is 20.3 Å². The maximum absolute atomic E-state index is 5.15. The molecule has 0 aliphatic carbocycles. The highest BCUT2D eigenvalue weighted by Crippen LogP contribution is 2.10. The van der Waals surface area contributed by atoms with Gasteiger partial charge in [-0.15, -0.1) is 0 Å². The molecule has 1 fully saturated rings. The van der Waals surface area contributed by atoms with E-state index < -0.39 is 0 Å². The largest absolute Gasteiger partial charge is 0.383 e. The molecule has 3 nitrogen and oxygen atoms in total. The first-order chi connectivity index (χ1) is 6.74. The van der Waals surface area contributed by atoms with E-state index in [9.17, 15) is 0 Å². The minimum absolute atomic E-state index is 0.729. The molecule has 0 aromatic heterocycles. The standard InChI is InChI=1S/C11H24N2O/c1-10(2)9-13(6-7-14-3)11-4-5-12-8-11/h10-12H,4-9H2,1-3H3. The molecule has 1 atom stereocenters. The average Bonchev–Trinajstić information content (AvgIpc) is 2.64. The van der Waals surface area contributed by atoms with Gasteiger partial charge in [-0.05, 0) is 18.9 Å². The second kappa shape index (κ2) is 6.38. The molecule has 1 unspecified atom stereocenters. The summed E-state index contributed by atoms with van der Waals surface area (Å²) in [5, 5.41) is 3.42. The minimum Gasteiger partial charge on any atom is -0.383 e. The molecule has 1 aliphatic heterocycles. The van der Waals surface area contributed by atoms with E-state index >= 15 is 0 Å². The van der Waals surface area contributed by atoms with E-state index in [0.717, 1.165) is 31.7 Å². The van der Waals surface area contributed by atoms with Crippen LogP contribution in [0, 0.1) is 5.92 Å². The van der Waals surface area contributed by atoms with E-state index in [4.69, 9.17) is 4.74 Å². The lowest BCUT2D eigenvalue weighted by Crippen LogP contribution is -2.41. The molecule has 1 rings (SSSR count). The molecule has 1 aliphatic rings. The van der Waals surface area contributed by atoms with Crippen molar-refractivity contribution >= 4 is 0 Å². The van der Waals surface area contributed by atoms with Gasteiger partial charge >= 0.3 is 0 Å². The first-order valence-electron chi connectivity index (χ1n) is 5.67. The molecule has 0 bridgehead atoms. The predicted molar refractivity (Wildman–Crippen MR) is 59.6 cm³/mol. The first-order valence-corrected chi connectivity index (χ1v) is 5.67. The Balaban J connectivity index is 2.34. The van der Waals surface area contributed by atoms with Crippen molar-refractivity contribution in [3.8, 4) is 0 Å². The number of nitrogens with one attached hydrogen (secondary N) is 1. The van der Waals surface area contributed by atoms with Crippen LogP contribution in [0.25, 0.3) is 0 Å². The fraction of sp³-hybridized carbons (Fsp3) is 1.00.